The van der Waals surface area contributed by atoms with Crippen molar-refractivity contribution in [1.82, 2.24) is 19.9 Å². The SMILES string of the molecule is CCOC(=O)N1CCC(c2nc(-c3ccc(OC)cc3)c(-c3ccnc(NC4CCCC4)n3)s2)CC1. The van der Waals surface area contributed by atoms with Crippen LogP contribution < -0.4 is 10.1 Å². The van der Waals surface area contributed by atoms with Crippen LogP contribution in [0.25, 0.3) is 21.8 Å². The van der Waals surface area contributed by atoms with Crippen LogP contribution in [0.1, 0.15) is 56.4 Å². The van der Waals surface area contributed by atoms with Gasteiger partial charge in [-0.3, -0.25) is 0 Å². The van der Waals surface area contributed by atoms with Crippen molar-refractivity contribution < 1.29 is 14.3 Å². The Morgan fingerprint density at radius 2 is 1.83 bits per heavy atom. The molecule has 5 rings (SSSR count). The summed E-state index contributed by atoms with van der Waals surface area (Å²) in [5.41, 5.74) is 2.83. The fourth-order valence-corrected chi connectivity index (χ4v) is 6.19. The number of benzene rings is 1. The Morgan fingerprint density at radius 3 is 2.53 bits per heavy atom. The fraction of sp³-hybridized carbons (Fsp3) is 0.481. The van der Waals surface area contributed by atoms with Gasteiger partial charge in [-0.15, -0.1) is 11.3 Å². The molecular weight excluding hydrogens is 474 g/mol. The normalized spacial score (nSPS) is 16.8. The summed E-state index contributed by atoms with van der Waals surface area (Å²) in [5, 5.41) is 4.60. The smallest absolute Gasteiger partial charge is 0.409 e. The minimum absolute atomic E-state index is 0.224. The first-order valence-electron chi connectivity index (χ1n) is 12.8. The third-order valence-electron chi connectivity index (χ3n) is 6.95. The van der Waals surface area contributed by atoms with Gasteiger partial charge in [0.1, 0.15) is 5.75 Å². The number of nitrogens with zero attached hydrogens (tertiary/aromatic N) is 4. The number of likely N-dealkylation sites (tertiary alicyclic amines) is 1. The second-order valence-electron chi connectivity index (χ2n) is 9.31. The van der Waals surface area contributed by atoms with E-state index in [1.54, 1.807) is 23.3 Å². The Bertz CT molecular complexity index is 1170. The van der Waals surface area contributed by atoms with Crippen molar-refractivity contribution >= 4 is 23.4 Å². The number of carbonyl (C=O) groups is 1. The number of carbonyl (C=O) groups excluding carboxylic acids is 1. The van der Waals surface area contributed by atoms with Gasteiger partial charge in [-0.2, -0.15) is 0 Å². The van der Waals surface area contributed by atoms with E-state index in [4.69, 9.17) is 19.4 Å². The molecule has 2 fully saturated rings. The van der Waals surface area contributed by atoms with Crippen LogP contribution >= 0.6 is 11.3 Å². The molecule has 3 aromatic rings. The van der Waals surface area contributed by atoms with Crippen LogP contribution in [0.5, 0.6) is 5.75 Å². The number of nitrogens with one attached hydrogen (secondary N) is 1. The number of hydrogen-bond donors (Lipinski definition) is 1. The highest BCUT2D eigenvalue weighted by Gasteiger charge is 2.28. The van der Waals surface area contributed by atoms with Gasteiger partial charge in [0.15, 0.2) is 0 Å². The Hall–Kier alpha value is -3.20. The van der Waals surface area contributed by atoms with Crippen LogP contribution in [0.15, 0.2) is 36.5 Å². The molecule has 190 valence electrons. The molecule has 0 unspecified atom stereocenters. The molecule has 0 bridgehead atoms. The van der Waals surface area contributed by atoms with Gasteiger partial charge in [-0.05, 0) is 62.9 Å². The van der Waals surface area contributed by atoms with E-state index in [1.807, 2.05) is 43.5 Å². The summed E-state index contributed by atoms with van der Waals surface area (Å²) in [6.07, 6.45) is 8.18. The van der Waals surface area contributed by atoms with Gasteiger partial charge in [0, 0.05) is 36.8 Å². The molecule has 1 amide bonds. The Labute approximate surface area is 216 Å². The van der Waals surface area contributed by atoms with Crippen molar-refractivity contribution in [1.29, 1.82) is 0 Å². The number of methoxy groups -OCH3 is 1. The highest BCUT2D eigenvalue weighted by atomic mass is 32.1. The Balaban J connectivity index is 1.43. The predicted octanol–water partition coefficient (Wildman–Crippen LogP) is 5.97. The molecule has 1 aliphatic heterocycles. The third-order valence-corrected chi connectivity index (χ3v) is 8.19. The highest BCUT2D eigenvalue weighted by molar-refractivity contribution is 7.15. The number of anilines is 1. The predicted molar refractivity (Wildman–Crippen MR) is 142 cm³/mol. The summed E-state index contributed by atoms with van der Waals surface area (Å²) < 4.78 is 10.5. The van der Waals surface area contributed by atoms with Crippen LogP contribution in [-0.4, -0.2) is 58.8 Å². The molecule has 36 heavy (non-hydrogen) atoms. The second-order valence-corrected chi connectivity index (χ2v) is 10.3. The first kappa shape index (κ1) is 24.5. The van der Waals surface area contributed by atoms with Crippen LogP contribution in [-0.2, 0) is 4.74 Å². The minimum atomic E-state index is -0.224. The summed E-state index contributed by atoms with van der Waals surface area (Å²) in [5.74, 6) is 1.79. The van der Waals surface area contributed by atoms with Crippen molar-refractivity contribution in [3.8, 4) is 27.6 Å². The Kier molecular flexibility index (Phi) is 7.65. The zero-order chi connectivity index (χ0) is 24.9. The van der Waals surface area contributed by atoms with Crippen LogP contribution in [0, 0.1) is 0 Å². The minimum Gasteiger partial charge on any atom is -0.497 e. The standard InChI is InChI=1S/C27H33N5O3S/c1-3-35-27(33)32-16-13-19(14-17-32)25-31-23(18-8-10-21(34-2)11-9-18)24(36-25)22-12-15-28-26(30-22)29-20-6-4-5-7-20/h8-12,15,19-20H,3-7,13-14,16-17H2,1-2H3,(H,28,29,30). The van der Waals surface area contributed by atoms with Gasteiger partial charge < -0.3 is 19.7 Å². The number of ether oxygens (including phenoxy) is 2. The first-order valence-corrected chi connectivity index (χ1v) is 13.6. The van der Waals surface area contributed by atoms with E-state index in [2.05, 4.69) is 10.3 Å². The van der Waals surface area contributed by atoms with E-state index in [9.17, 15) is 4.79 Å². The van der Waals surface area contributed by atoms with Crippen LogP contribution in [0.2, 0.25) is 0 Å². The monoisotopic (exact) mass is 507 g/mol. The number of piperidine rings is 1. The van der Waals surface area contributed by atoms with Gasteiger partial charge in [0.2, 0.25) is 5.95 Å². The molecule has 2 aliphatic rings. The molecule has 0 atom stereocenters. The molecule has 3 heterocycles. The van der Waals surface area contributed by atoms with Crippen molar-refractivity contribution in [2.45, 2.75) is 57.4 Å². The molecular formula is C27H33N5O3S. The lowest BCUT2D eigenvalue weighted by Gasteiger charge is -2.30. The van der Waals surface area contributed by atoms with Gasteiger partial charge >= 0.3 is 6.09 Å². The lowest BCUT2D eigenvalue weighted by molar-refractivity contribution is 0.0970. The average Bonchev–Trinajstić information content (AvgIpc) is 3.60. The van der Waals surface area contributed by atoms with E-state index in [-0.39, 0.29) is 6.09 Å². The van der Waals surface area contributed by atoms with Gasteiger partial charge in [0.05, 0.1) is 35.0 Å². The zero-order valence-electron chi connectivity index (χ0n) is 20.9. The topological polar surface area (TPSA) is 89.5 Å². The second kappa shape index (κ2) is 11.2. The zero-order valence-corrected chi connectivity index (χ0v) is 21.7. The summed E-state index contributed by atoms with van der Waals surface area (Å²) in [7, 11) is 1.67. The number of aromatic nitrogens is 3. The van der Waals surface area contributed by atoms with Gasteiger partial charge in [0.25, 0.3) is 0 Å². The fourth-order valence-electron chi connectivity index (χ4n) is 4.96. The maximum absolute atomic E-state index is 12.1. The number of rotatable bonds is 7. The van der Waals surface area contributed by atoms with E-state index >= 15 is 0 Å². The molecule has 0 radical (unpaired) electrons. The van der Waals surface area contributed by atoms with Crippen LogP contribution in [0.4, 0.5) is 10.7 Å². The molecule has 1 saturated heterocycles. The van der Waals surface area contributed by atoms with E-state index in [1.165, 1.54) is 25.7 Å². The lowest BCUT2D eigenvalue weighted by Crippen LogP contribution is -2.38. The van der Waals surface area contributed by atoms with Crippen molar-refractivity contribution in [2.75, 3.05) is 32.1 Å². The Morgan fingerprint density at radius 1 is 1.08 bits per heavy atom. The van der Waals surface area contributed by atoms with Gasteiger partial charge in [-0.1, -0.05) is 12.8 Å². The first-order chi connectivity index (χ1) is 17.6. The van der Waals surface area contributed by atoms with Crippen molar-refractivity contribution in [3.05, 3.63) is 41.5 Å². The van der Waals surface area contributed by atoms with E-state index < -0.39 is 0 Å². The van der Waals surface area contributed by atoms with Gasteiger partial charge in [-0.25, -0.2) is 19.7 Å². The number of thiazole rings is 1. The average molecular weight is 508 g/mol. The highest BCUT2D eigenvalue weighted by Crippen LogP contribution is 2.41. The molecule has 8 nitrogen and oxygen atoms in total. The summed E-state index contributed by atoms with van der Waals surface area (Å²) in [6.45, 7) is 3.60. The molecule has 9 heteroatoms. The third kappa shape index (κ3) is 5.46. The molecule has 1 aliphatic carbocycles. The lowest BCUT2D eigenvalue weighted by atomic mass is 9.98. The molecule has 2 aromatic heterocycles. The number of amides is 1. The van der Waals surface area contributed by atoms with Crippen LogP contribution in [0.3, 0.4) is 0 Å². The quantitative estimate of drug-likeness (QED) is 0.422. The number of hydrogen-bond acceptors (Lipinski definition) is 8. The molecule has 1 saturated carbocycles. The molecule has 1 aromatic carbocycles. The summed E-state index contributed by atoms with van der Waals surface area (Å²) >= 11 is 1.70. The van der Waals surface area contributed by atoms with E-state index in [0.29, 0.717) is 37.6 Å². The molecule has 1 N–H and O–H groups in total. The summed E-state index contributed by atoms with van der Waals surface area (Å²) in [6, 6.07) is 10.4. The maximum Gasteiger partial charge on any atom is 0.409 e. The maximum atomic E-state index is 12.1. The largest absolute Gasteiger partial charge is 0.497 e. The van der Waals surface area contributed by atoms with Crippen molar-refractivity contribution in [2.24, 2.45) is 0 Å². The molecule has 0 spiro atoms. The summed E-state index contributed by atoms with van der Waals surface area (Å²) in [4.78, 5) is 29.5. The van der Waals surface area contributed by atoms with E-state index in [0.717, 1.165) is 45.4 Å². The van der Waals surface area contributed by atoms with Crippen molar-refractivity contribution in [3.63, 3.8) is 0 Å².